The molecule has 3 nitrogen and oxygen atoms in total. The molecule has 1 unspecified atom stereocenters. The van der Waals surface area contributed by atoms with Gasteiger partial charge in [-0.25, -0.2) is 4.39 Å². The second-order valence-corrected chi connectivity index (χ2v) is 6.38. The van der Waals surface area contributed by atoms with E-state index in [2.05, 4.69) is 15.9 Å². The molecule has 2 rings (SSSR count). The summed E-state index contributed by atoms with van der Waals surface area (Å²) in [5.74, 6) is -0.679. The molecule has 0 bridgehead atoms. The van der Waals surface area contributed by atoms with Crippen LogP contribution in [0.4, 0.5) is 4.39 Å². The molecule has 1 amide bonds. The topological polar surface area (TPSA) is 40.5 Å². The predicted molar refractivity (Wildman–Crippen MR) is 74.5 cm³/mol. The largest absolute Gasteiger partial charge is 0.388 e. The lowest BCUT2D eigenvalue weighted by Gasteiger charge is -2.33. The third-order valence-electron chi connectivity index (χ3n) is 3.44. The molecule has 0 spiro atoms. The van der Waals surface area contributed by atoms with Crippen molar-refractivity contribution in [3.05, 3.63) is 34.1 Å². The molecule has 1 aromatic rings. The normalized spacial score (nSPS) is 19.8. The summed E-state index contributed by atoms with van der Waals surface area (Å²) in [5, 5.41) is 10.1. The van der Waals surface area contributed by atoms with Gasteiger partial charge in [-0.15, -0.1) is 0 Å². The van der Waals surface area contributed by atoms with Crippen LogP contribution in [0.2, 0.25) is 0 Å². The Morgan fingerprint density at radius 3 is 2.74 bits per heavy atom. The van der Waals surface area contributed by atoms with Gasteiger partial charge < -0.3 is 10.0 Å². The van der Waals surface area contributed by atoms with E-state index in [0.29, 0.717) is 16.6 Å². The molecule has 1 N–H and O–H groups in total. The summed E-state index contributed by atoms with van der Waals surface area (Å²) in [5.41, 5.74) is -0.639. The molecule has 19 heavy (non-hydrogen) atoms. The van der Waals surface area contributed by atoms with Gasteiger partial charge in [0.1, 0.15) is 5.82 Å². The highest BCUT2D eigenvalue weighted by atomic mass is 79.9. The number of carbonyl (C=O) groups is 1. The second kappa shape index (κ2) is 5.21. The van der Waals surface area contributed by atoms with Crippen LogP contribution in [0.25, 0.3) is 0 Å². The van der Waals surface area contributed by atoms with Gasteiger partial charge in [0.05, 0.1) is 11.6 Å². The average molecular weight is 330 g/mol. The number of nitrogens with zero attached hydrogens (tertiary/aromatic N) is 1. The van der Waals surface area contributed by atoms with E-state index >= 15 is 0 Å². The maximum atomic E-state index is 13.4. The smallest absolute Gasteiger partial charge is 0.254 e. The quantitative estimate of drug-likeness (QED) is 0.906. The number of aliphatic hydroxyl groups is 1. The first kappa shape index (κ1) is 14.5. The lowest BCUT2D eigenvalue weighted by atomic mass is 9.96. The van der Waals surface area contributed by atoms with Crippen molar-refractivity contribution in [1.82, 2.24) is 4.90 Å². The molecule has 1 aliphatic heterocycles. The predicted octanol–water partition coefficient (Wildman–Crippen LogP) is 2.96. The van der Waals surface area contributed by atoms with E-state index in [1.165, 1.54) is 12.1 Å². The van der Waals surface area contributed by atoms with Crippen LogP contribution in [0, 0.1) is 5.82 Å². The van der Waals surface area contributed by atoms with Crippen LogP contribution in [0.15, 0.2) is 22.7 Å². The molecule has 0 radical (unpaired) electrons. The zero-order chi connectivity index (χ0) is 14.2. The summed E-state index contributed by atoms with van der Waals surface area (Å²) in [6.45, 7) is 4.00. The van der Waals surface area contributed by atoms with Gasteiger partial charge in [0, 0.05) is 16.6 Å². The summed E-state index contributed by atoms with van der Waals surface area (Å²) in [6, 6.07) is 3.92. The fourth-order valence-electron chi connectivity index (χ4n) is 2.59. The number of benzene rings is 1. The molecular weight excluding hydrogens is 313 g/mol. The Labute approximate surface area is 120 Å². The summed E-state index contributed by atoms with van der Waals surface area (Å²) in [6.07, 6.45) is 1.63. The lowest BCUT2D eigenvalue weighted by molar-refractivity contribution is 0.000321. The van der Waals surface area contributed by atoms with Crippen LogP contribution in [0.1, 0.15) is 37.0 Å². The summed E-state index contributed by atoms with van der Waals surface area (Å²) < 4.78 is 13.9. The highest BCUT2D eigenvalue weighted by molar-refractivity contribution is 9.10. The number of rotatable bonds is 2. The van der Waals surface area contributed by atoms with E-state index in [0.717, 1.165) is 12.8 Å². The Hall–Kier alpha value is -0.940. The molecule has 0 aromatic heterocycles. The van der Waals surface area contributed by atoms with Gasteiger partial charge >= 0.3 is 0 Å². The highest BCUT2D eigenvalue weighted by Gasteiger charge is 2.38. The maximum Gasteiger partial charge on any atom is 0.254 e. The number of likely N-dealkylation sites (tertiary alicyclic amines) is 1. The number of hydrogen-bond acceptors (Lipinski definition) is 2. The highest BCUT2D eigenvalue weighted by Crippen LogP contribution is 2.28. The molecule has 104 valence electrons. The van der Waals surface area contributed by atoms with Crippen LogP contribution in [0.3, 0.4) is 0 Å². The van der Waals surface area contributed by atoms with E-state index in [1.807, 2.05) is 0 Å². The number of carbonyl (C=O) groups excluding carboxylic acids is 1. The van der Waals surface area contributed by atoms with Crippen molar-refractivity contribution in [2.24, 2.45) is 0 Å². The molecule has 1 fully saturated rings. The number of hydrogen-bond donors (Lipinski definition) is 1. The minimum Gasteiger partial charge on any atom is -0.388 e. The Bertz CT molecular complexity index is 478. The Kier molecular flexibility index (Phi) is 3.97. The number of amides is 1. The van der Waals surface area contributed by atoms with Gasteiger partial charge in [-0.3, -0.25) is 4.79 Å². The molecule has 1 aliphatic rings. The molecule has 0 saturated carbocycles. The minimum absolute atomic E-state index is 0.220. The summed E-state index contributed by atoms with van der Waals surface area (Å²) in [7, 11) is 0. The fraction of sp³-hybridized carbons (Fsp3) is 0.500. The zero-order valence-corrected chi connectivity index (χ0v) is 12.6. The van der Waals surface area contributed by atoms with Crippen LogP contribution < -0.4 is 0 Å². The Balaban J connectivity index is 2.28. The Morgan fingerprint density at radius 2 is 2.16 bits per heavy atom. The van der Waals surface area contributed by atoms with Crippen molar-refractivity contribution in [2.75, 3.05) is 6.54 Å². The van der Waals surface area contributed by atoms with Gasteiger partial charge in [-0.1, -0.05) is 15.9 Å². The first-order chi connectivity index (χ1) is 8.79. The molecule has 5 heteroatoms. The van der Waals surface area contributed by atoms with E-state index < -0.39 is 11.4 Å². The standard InChI is InChI=1S/C14H17BrFNO2/c1-14(2,19)12-4-3-5-17(12)13(18)9-6-10(15)8-11(16)7-9/h6-8,12,19H,3-5H2,1-2H3. The first-order valence-corrected chi connectivity index (χ1v) is 7.08. The van der Waals surface area contributed by atoms with Crippen molar-refractivity contribution in [3.63, 3.8) is 0 Å². The second-order valence-electron chi connectivity index (χ2n) is 5.47. The third-order valence-corrected chi connectivity index (χ3v) is 3.90. The average Bonchev–Trinajstić information content (AvgIpc) is 2.74. The molecular formula is C14H17BrFNO2. The van der Waals surface area contributed by atoms with E-state index in [1.54, 1.807) is 24.8 Å². The lowest BCUT2D eigenvalue weighted by Crippen LogP contribution is -2.48. The molecule has 1 aromatic carbocycles. The monoisotopic (exact) mass is 329 g/mol. The third kappa shape index (κ3) is 3.15. The summed E-state index contributed by atoms with van der Waals surface area (Å²) >= 11 is 3.18. The Morgan fingerprint density at radius 1 is 1.47 bits per heavy atom. The van der Waals surface area contributed by atoms with E-state index in [4.69, 9.17) is 0 Å². The van der Waals surface area contributed by atoms with Crippen LogP contribution in [0.5, 0.6) is 0 Å². The van der Waals surface area contributed by atoms with Crippen LogP contribution >= 0.6 is 15.9 Å². The van der Waals surface area contributed by atoms with Gasteiger partial charge in [-0.05, 0) is 44.9 Å². The first-order valence-electron chi connectivity index (χ1n) is 6.28. The molecule has 1 atom stereocenters. The van der Waals surface area contributed by atoms with Crippen molar-refractivity contribution in [3.8, 4) is 0 Å². The van der Waals surface area contributed by atoms with Crippen molar-refractivity contribution in [1.29, 1.82) is 0 Å². The van der Waals surface area contributed by atoms with Crippen LogP contribution in [-0.2, 0) is 0 Å². The van der Waals surface area contributed by atoms with E-state index in [-0.39, 0.29) is 11.9 Å². The van der Waals surface area contributed by atoms with Crippen molar-refractivity contribution >= 4 is 21.8 Å². The maximum absolute atomic E-state index is 13.4. The van der Waals surface area contributed by atoms with Gasteiger partial charge in [-0.2, -0.15) is 0 Å². The molecule has 1 heterocycles. The van der Waals surface area contributed by atoms with Crippen molar-refractivity contribution in [2.45, 2.75) is 38.3 Å². The number of halogens is 2. The minimum atomic E-state index is -0.948. The molecule has 1 saturated heterocycles. The molecule has 0 aliphatic carbocycles. The van der Waals surface area contributed by atoms with Crippen molar-refractivity contribution < 1.29 is 14.3 Å². The SMILES string of the molecule is CC(C)(O)C1CCCN1C(=O)c1cc(F)cc(Br)c1. The van der Waals surface area contributed by atoms with Gasteiger partial charge in [0.25, 0.3) is 5.91 Å². The van der Waals surface area contributed by atoms with Gasteiger partial charge in [0.2, 0.25) is 0 Å². The fourth-order valence-corrected chi connectivity index (χ4v) is 3.05. The zero-order valence-electron chi connectivity index (χ0n) is 11.0. The summed E-state index contributed by atoms with van der Waals surface area (Å²) in [4.78, 5) is 14.1. The van der Waals surface area contributed by atoms with Crippen LogP contribution in [-0.4, -0.2) is 34.1 Å². The van der Waals surface area contributed by atoms with Gasteiger partial charge in [0.15, 0.2) is 0 Å². The van der Waals surface area contributed by atoms with E-state index in [9.17, 15) is 14.3 Å².